The van der Waals surface area contributed by atoms with E-state index in [4.69, 9.17) is 14.1 Å². The highest BCUT2D eigenvalue weighted by atomic mass is 16.6. The summed E-state index contributed by atoms with van der Waals surface area (Å²) in [5.41, 5.74) is 6.61. The van der Waals surface area contributed by atoms with Gasteiger partial charge >= 0.3 is 6.09 Å². The van der Waals surface area contributed by atoms with E-state index in [1.165, 1.54) is 16.7 Å². The monoisotopic (exact) mass is 392 g/mol. The molecule has 0 spiro atoms. The topological polar surface area (TPSA) is 55.6 Å². The number of aromatic nitrogens is 1. The van der Waals surface area contributed by atoms with Crippen molar-refractivity contribution < 1.29 is 13.9 Å². The Bertz CT molecular complexity index is 1030. The minimum absolute atomic E-state index is 0.0937. The lowest BCUT2D eigenvalue weighted by atomic mass is 9.97. The number of likely N-dealkylation sites (tertiary alicyclic amines) is 1. The van der Waals surface area contributed by atoms with Crippen LogP contribution in [0.3, 0.4) is 0 Å². The molecule has 0 aliphatic carbocycles. The Morgan fingerprint density at radius 1 is 1.07 bits per heavy atom. The lowest BCUT2D eigenvalue weighted by Gasteiger charge is -2.30. The zero-order valence-corrected chi connectivity index (χ0v) is 17.6. The molecule has 2 aromatic carbocycles. The van der Waals surface area contributed by atoms with E-state index in [0.29, 0.717) is 13.1 Å². The van der Waals surface area contributed by atoms with Crippen molar-refractivity contribution in [2.75, 3.05) is 13.1 Å². The molecular weight excluding hydrogens is 364 g/mol. The van der Waals surface area contributed by atoms with Crippen LogP contribution in [0.25, 0.3) is 22.2 Å². The molecular formula is C24H28N2O3. The SMILES string of the molecule is Cc1ccc(-c2ccc3oc(C4CCN(C(=O)OC(C)C)CC4)nc3c2)cc1C. The summed E-state index contributed by atoms with van der Waals surface area (Å²) in [7, 11) is 0. The van der Waals surface area contributed by atoms with Gasteiger partial charge in [0, 0.05) is 19.0 Å². The first kappa shape index (κ1) is 19.5. The molecule has 1 aromatic heterocycles. The molecule has 1 aliphatic rings. The van der Waals surface area contributed by atoms with E-state index in [1.807, 2.05) is 19.9 Å². The second kappa shape index (κ2) is 7.90. The van der Waals surface area contributed by atoms with E-state index in [9.17, 15) is 4.79 Å². The molecule has 152 valence electrons. The first-order valence-electron chi connectivity index (χ1n) is 10.3. The fourth-order valence-corrected chi connectivity index (χ4v) is 3.81. The number of rotatable bonds is 3. The van der Waals surface area contributed by atoms with Crippen molar-refractivity contribution in [3.63, 3.8) is 0 Å². The normalized spacial score (nSPS) is 15.3. The van der Waals surface area contributed by atoms with Crippen LogP contribution in [0.4, 0.5) is 4.79 Å². The molecule has 0 N–H and O–H groups in total. The molecule has 29 heavy (non-hydrogen) atoms. The van der Waals surface area contributed by atoms with Gasteiger partial charge in [0.25, 0.3) is 0 Å². The minimum Gasteiger partial charge on any atom is -0.447 e. The van der Waals surface area contributed by atoms with Crippen LogP contribution in [-0.2, 0) is 4.74 Å². The standard InChI is InChI=1S/C24H28N2O3/c1-15(2)28-24(27)26-11-9-18(10-12-26)23-25-21-14-20(7-8-22(21)29-23)19-6-5-16(3)17(4)13-19/h5-8,13-15,18H,9-12H2,1-4H3. The maximum absolute atomic E-state index is 12.1. The van der Waals surface area contributed by atoms with E-state index in [1.54, 1.807) is 4.90 Å². The van der Waals surface area contributed by atoms with Crippen LogP contribution in [0.15, 0.2) is 40.8 Å². The number of ether oxygens (including phenoxy) is 1. The lowest BCUT2D eigenvalue weighted by Crippen LogP contribution is -2.39. The minimum atomic E-state index is -0.228. The van der Waals surface area contributed by atoms with Crippen LogP contribution in [0, 0.1) is 13.8 Å². The van der Waals surface area contributed by atoms with Crippen LogP contribution >= 0.6 is 0 Å². The van der Waals surface area contributed by atoms with Crippen molar-refractivity contribution in [3.8, 4) is 11.1 Å². The molecule has 3 aromatic rings. The molecule has 1 amide bonds. The average Bonchev–Trinajstić information content (AvgIpc) is 3.13. The van der Waals surface area contributed by atoms with E-state index < -0.39 is 0 Å². The molecule has 0 radical (unpaired) electrons. The maximum Gasteiger partial charge on any atom is 0.410 e. The number of amides is 1. The largest absolute Gasteiger partial charge is 0.447 e. The maximum atomic E-state index is 12.1. The zero-order chi connectivity index (χ0) is 20.5. The second-order valence-electron chi connectivity index (χ2n) is 8.23. The lowest BCUT2D eigenvalue weighted by molar-refractivity contribution is 0.0681. The number of hydrogen-bond acceptors (Lipinski definition) is 4. The molecule has 1 aliphatic heterocycles. The molecule has 5 heteroatoms. The summed E-state index contributed by atoms with van der Waals surface area (Å²) in [6.07, 6.45) is 1.35. The molecule has 5 nitrogen and oxygen atoms in total. The number of carbonyl (C=O) groups excluding carboxylic acids is 1. The quantitative estimate of drug-likeness (QED) is 0.562. The number of fused-ring (bicyclic) bond motifs is 1. The van der Waals surface area contributed by atoms with Crippen LogP contribution in [0.1, 0.15) is 49.6 Å². The molecule has 0 unspecified atom stereocenters. The molecule has 2 heterocycles. The van der Waals surface area contributed by atoms with Crippen LogP contribution in [0.2, 0.25) is 0 Å². The predicted molar refractivity (Wildman–Crippen MR) is 114 cm³/mol. The predicted octanol–water partition coefficient (Wildman–Crippen LogP) is 5.84. The number of benzene rings is 2. The summed E-state index contributed by atoms with van der Waals surface area (Å²) >= 11 is 0. The average molecular weight is 392 g/mol. The summed E-state index contributed by atoms with van der Waals surface area (Å²) in [6.45, 7) is 9.34. The first-order chi connectivity index (χ1) is 13.9. The van der Waals surface area contributed by atoms with Gasteiger partial charge in [-0.2, -0.15) is 0 Å². The van der Waals surface area contributed by atoms with Crippen molar-refractivity contribution in [3.05, 3.63) is 53.4 Å². The number of nitrogens with zero attached hydrogens (tertiary/aromatic N) is 2. The van der Waals surface area contributed by atoms with Gasteiger partial charge in [-0.25, -0.2) is 9.78 Å². The number of piperidine rings is 1. The molecule has 1 saturated heterocycles. The molecule has 4 rings (SSSR count). The van der Waals surface area contributed by atoms with E-state index in [-0.39, 0.29) is 18.1 Å². The Kier molecular flexibility index (Phi) is 5.31. The third kappa shape index (κ3) is 4.14. The van der Waals surface area contributed by atoms with Crippen LogP contribution in [-0.4, -0.2) is 35.2 Å². The summed E-state index contributed by atoms with van der Waals surface area (Å²) in [4.78, 5) is 18.6. The number of oxazole rings is 1. The highest BCUT2D eigenvalue weighted by molar-refractivity contribution is 5.80. The summed E-state index contributed by atoms with van der Waals surface area (Å²) in [5, 5.41) is 0. The molecule has 0 saturated carbocycles. The first-order valence-corrected chi connectivity index (χ1v) is 10.3. The third-order valence-electron chi connectivity index (χ3n) is 5.68. The smallest absolute Gasteiger partial charge is 0.410 e. The van der Waals surface area contributed by atoms with E-state index in [0.717, 1.165) is 35.4 Å². The van der Waals surface area contributed by atoms with Crippen molar-refractivity contribution in [2.45, 2.75) is 52.6 Å². The van der Waals surface area contributed by atoms with Gasteiger partial charge in [-0.05, 0) is 74.9 Å². The third-order valence-corrected chi connectivity index (χ3v) is 5.68. The van der Waals surface area contributed by atoms with Crippen molar-refractivity contribution in [1.29, 1.82) is 0 Å². The number of carbonyl (C=O) groups is 1. The highest BCUT2D eigenvalue weighted by Crippen LogP contribution is 2.32. The Morgan fingerprint density at radius 2 is 1.76 bits per heavy atom. The summed E-state index contributed by atoms with van der Waals surface area (Å²) < 4.78 is 11.4. The van der Waals surface area contributed by atoms with Crippen molar-refractivity contribution >= 4 is 17.2 Å². The Morgan fingerprint density at radius 3 is 2.45 bits per heavy atom. The van der Waals surface area contributed by atoms with Crippen LogP contribution < -0.4 is 0 Å². The van der Waals surface area contributed by atoms with Gasteiger partial charge in [0.2, 0.25) is 0 Å². The summed E-state index contributed by atoms with van der Waals surface area (Å²) in [5.74, 6) is 1.00. The fraction of sp³-hybridized carbons (Fsp3) is 0.417. The fourth-order valence-electron chi connectivity index (χ4n) is 3.81. The van der Waals surface area contributed by atoms with Gasteiger partial charge in [0.05, 0.1) is 6.10 Å². The van der Waals surface area contributed by atoms with Crippen molar-refractivity contribution in [2.24, 2.45) is 0 Å². The highest BCUT2D eigenvalue weighted by Gasteiger charge is 2.28. The van der Waals surface area contributed by atoms with E-state index >= 15 is 0 Å². The van der Waals surface area contributed by atoms with Gasteiger partial charge in [0.15, 0.2) is 11.5 Å². The second-order valence-corrected chi connectivity index (χ2v) is 8.23. The molecule has 0 bridgehead atoms. The van der Waals surface area contributed by atoms with Gasteiger partial charge in [0.1, 0.15) is 5.52 Å². The number of hydrogen-bond donors (Lipinski definition) is 0. The van der Waals surface area contributed by atoms with Gasteiger partial charge in [-0.3, -0.25) is 0 Å². The summed E-state index contributed by atoms with van der Waals surface area (Å²) in [6, 6.07) is 12.7. The zero-order valence-electron chi connectivity index (χ0n) is 17.6. The Labute approximate surface area is 171 Å². The molecule has 1 fully saturated rings. The van der Waals surface area contributed by atoms with Crippen molar-refractivity contribution in [1.82, 2.24) is 9.88 Å². The molecule has 0 atom stereocenters. The Balaban J connectivity index is 1.50. The Hall–Kier alpha value is -2.82. The number of aryl methyl sites for hydroxylation is 2. The van der Waals surface area contributed by atoms with Gasteiger partial charge < -0.3 is 14.1 Å². The van der Waals surface area contributed by atoms with Gasteiger partial charge in [-0.1, -0.05) is 24.3 Å². The van der Waals surface area contributed by atoms with E-state index in [2.05, 4.69) is 44.2 Å². The van der Waals surface area contributed by atoms with Gasteiger partial charge in [-0.15, -0.1) is 0 Å². The van der Waals surface area contributed by atoms with Crippen LogP contribution in [0.5, 0.6) is 0 Å².